The Bertz CT molecular complexity index is 778. The van der Waals surface area contributed by atoms with E-state index < -0.39 is 18.0 Å². The summed E-state index contributed by atoms with van der Waals surface area (Å²) in [6.07, 6.45) is -0.365. The van der Waals surface area contributed by atoms with Crippen molar-refractivity contribution in [3.8, 4) is 11.5 Å². The number of benzene rings is 1. The van der Waals surface area contributed by atoms with Gasteiger partial charge in [0, 0.05) is 6.54 Å². The molecule has 0 aliphatic carbocycles. The summed E-state index contributed by atoms with van der Waals surface area (Å²) < 4.78 is 19.3. The molecule has 0 fully saturated rings. The Morgan fingerprint density at radius 2 is 1.96 bits per heavy atom. The molecule has 0 unspecified atom stereocenters. The first kappa shape index (κ1) is 19.6. The highest BCUT2D eigenvalue weighted by atomic mass is 32.1. The lowest BCUT2D eigenvalue weighted by Gasteiger charge is -2.14. The second-order valence-electron chi connectivity index (χ2n) is 5.36. The molecule has 9 heteroatoms. The van der Waals surface area contributed by atoms with Crippen LogP contribution in [0.1, 0.15) is 34.8 Å². The van der Waals surface area contributed by atoms with Gasteiger partial charge in [0.25, 0.3) is 5.91 Å². The van der Waals surface area contributed by atoms with Gasteiger partial charge in [0.05, 0.1) is 19.9 Å². The van der Waals surface area contributed by atoms with E-state index in [2.05, 4.69) is 14.9 Å². The van der Waals surface area contributed by atoms with E-state index in [1.807, 2.05) is 13.0 Å². The van der Waals surface area contributed by atoms with Crippen LogP contribution < -0.4 is 14.8 Å². The zero-order valence-electron chi connectivity index (χ0n) is 15.1. The van der Waals surface area contributed by atoms with Gasteiger partial charge in [0.15, 0.2) is 22.5 Å². The number of amides is 1. The van der Waals surface area contributed by atoms with Crippen molar-refractivity contribution in [3.05, 3.63) is 34.3 Å². The van der Waals surface area contributed by atoms with E-state index in [4.69, 9.17) is 14.2 Å². The van der Waals surface area contributed by atoms with Crippen molar-refractivity contribution < 1.29 is 23.8 Å². The van der Waals surface area contributed by atoms with E-state index in [1.165, 1.54) is 6.92 Å². The van der Waals surface area contributed by atoms with Crippen LogP contribution in [0.4, 0.5) is 0 Å². The maximum Gasteiger partial charge on any atom is 0.352 e. The van der Waals surface area contributed by atoms with Gasteiger partial charge in [0.2, 0.25) is 0 Å². The van der Waals surface area contributed by atoms with Gasteiger partial charge in [-0.25, -0.2) is 4.79 Å². The number of nitrogens with zero attached hydrogens (tertiary/aromatic N) is 2. The summed E-state index contributed by atoms with van der Waals surface area (Å²) in [5, 5.41) is 6.59. The fourth-order valence-electron chi connectivity index (χ4n) is 2.19. The molecule has 8 nitrogen and oxygen atoms in total. The largest absolute Gasteiger partial charge is 0.493 e. The molecule has 0 aliphatic heterocycles. The highest BCUT2D eigenvalue weighted by Gasteiger charge is 2.22. The second-order valence-corrected chi connectivity index (χ2v) is 6.11. The maximum absolute atomic E-state index is 12.2. The van der Waals surface area contributed by atoms with Gasteiger partial charge in [-0.15, -0.1) is 5.10 Å². The van der Waals surface area contributed by atoms with Crippen molar-refractivity contribution in [3.63, 3.8) is 0 Å². The molecule has 0 saturated carbocycles. The molecule has 1 N–H and O–H groups in total. The first-order valence-corrected chi connectivity index (χ1v) is 8.78. The smallest absolute Gasteiger partial charge is 0.352 e. The third kappa shape index (κ3) is 4.69. The molecule has 1 aromatic carbocycles. The Balaban J connectivity index is 1.92. The van der Waals surface area contributed by atoms with E-state index in [1.54, 1.807) is 26.4 Å². The molecule has 2 aromatic rings. The Morgan fingerprint density at radius 3 is 2.62 bits per heavy atom. The minimum atomic E-state index is -0.936. The van der Waals surface area contributed by atoms with Crippen LogP contribution in [-0.4, -0.2) is 41.8 Å². The molecular formula is C17H21N3O5S. The average molecular weight is 379 g/mol. The van der Waals surface area contributed by atoms with Gasteiger partial charge in [0.1, 0.15) is 0 Å². The van der Waals surface area contributed by atoms with Crippen LogP contribution in [0, 0.1) is 0 Å². The third-order valence-corrected chi connectivity index (χ3v) is 4.39. The molecule has 0 bridgehead atoms. The van der Waals surface area contributed by atoms with Gasteiger partial charge < -0.3 is 19.5 Å². The minimum absolute atomic E-state index is 0.267. The quantitative estimate of drug-likeness (QED) is 0.700. The average Bonchev–Trinajstić information content (AvgIpc) is 3.14. The Hall–Kier alpha value is -2.68. The molecule has 0 radical (unpaired) electrons. The molecule has 0 aliphatic rings. The summed E-state index contributed by atoms with van der Waals surface area (Å²) in [5.41, 5.74) is 1.40. The monoisotopic (exact) mass is 379 g/mol. The molecule has 26 heavy (non-hydrogen) atoms. The molecule has 0 spiro atoms. The van der Waals surface area contributed by atoms with Crippen molar-refractivity contribution in [1.29, 1.82) is 0 Å². The minimum Gasteiger partial charge on any atom is -0.493 e. The van der Waals surface area contributed by atoms with Crippen molar-refractivity contribution in [1.82, 2.24) is 14.9 Å². The number of methoxy groups -OCH3 is 2. The third-order valence-electron chi connectivity index (χ3n) is 3.64. The van der Waals surface area contributed by atoms with E-state index in [0.29, 0.717) is 28.5 Å². The number of nitrogens with one attached hydrogen (secondary N) is 1. The van der Waals surface area contributed by atoms with Crippen LogP contribution in [0.15, 0.2) is 18.2 Å². The predicted octanol–water partition coefficient (Wildman–Crippen LogP) is 1.98. The number of hydrogen-bond acceptors (Lipinski definition) is 8. The molecule has 1 amide bonds. The highest BCUT2D eigenvalue weighted by Crippen LogP contribution is 2.27. The standard InChI is InChI=1S/C17H21N3O5S/c1-5-12-15(26-20-19-12)17(22)25-10(2)16(21)18-9-11-6-7-13(23-3)14(8-11)24-4/h6-8,10H,5,9H2,1-4H3,(H,18,21)/t10-/m1/s1. The van der Waals surface area contributed by atoms with Gasteiger partial charge in [-0.2, -0.15) is 0 Å². The second kappa shape index (κ2) is 9.14. The highest BCUT2D eigenvalue weighted by molar-refractivity contribution is 7.07. The maximum atomic E-state index is 12.2. The number of aromatic nitrogens is 2. The number of ether oxygens (including phenoxy) is 3. The zero-order valence-corrected chi connectivity index (χ0v) is 15.9. The molecule has 1 atom stereocenters. The number of rotatable bonds is 8. The summed E-state index contributed by atoms with van der Waals surface area (Å²) in [6, 6.07) is 5.34. The predicted molar refractivity (Wildman–Crippen MR) is 95.6 cm³/mol. The summed E-state index contributed by atoms with van der Waals surface area (Å²) in [6.45, 7) is 3.65. The topological polar surface area (TPSA) is 99.6 Å². The Morgan fingerprint density at radius 1 is 1.23 bits per heavy atom. The van der Waals surface area contributed by atoms with Gasteiger partial charge in [-0.3, -0.25) is 4.79 Å². The summed E-state index contributed by atoms with van der Waals surface area (Å²) in [5.74, 6) is 0.188. The van der Waals surface area contributed by atoms with Crippen LogP contribution >= 0.6 is 11.5 Å². The fraction of sp³-hybridized carbons (Fsp3) is 0.412. The first-order valence-electron chi connectivity index (χ1n) is 8.00. The van der Waals surface area contributed by atoms with Crippen LogP contribution in [0.5, 0.6) is 11.5 Å². The van der Waals surface area contributed by atoms with Gasteiger partial charge >= 0.3 is 5.97 Å². The van der Waals surface area contributed by atoms with Crippen LogP contribution in [0.25, 0.3) is 0 Å². The first-order chi connectivity index (χ1) is 12.5. The number of carbonyl (C=O) groups is 2. The SMILES string of the molecule is CCc1nnsc1C(=O)O[C@H](C)C(=O)NCc1ccc(OC)c(OC)c1. The van der Waals surface area contributed by atoms with Crippen LogP contribution in [-0.2, 0) is 22.5 Å². The number of esters is 1. The lowest BCUT2D eigenvalue weighted by molar-refractivity contribution is -0.129. The van der Waals surface area contributed by atoms with Gasteiger partial charge in [-0.1, -0.05) is 17.5 Å². The fourth-order valence-corrected chi connectivity index (χ4v) is 2.82. The summed E-state index contributed by atoms with van der Waals surface area (Å²) in [7, 11) is 3.10. The van der Waals surface area contributed by atoms with E-state index >= 15 is 0 Å². The normalized spacial score (nSPS) is 11.5. The molecule has 1 aromatic heterocycles. The molecule has 2 rings (SSSR count). The van der Waals surface area contributed by atoms with E-state index in [-0.39, 0.29) is 6.54 Å². The molecular weight excluding hydrogens is 358 g/mol. The number of carbonyl (C=O) groups excluding carboxylic acids is 2. The van der Waals surface area contributed by atoms with E-state index in [0.717, 1.165) is 17.1 Å². The summed E-state index contributed by atoms with van der Waals surface area (Å²) in [4.78, 5) is 24.6. The van der Waals surface area contributed by atoms with Crippen molar-refractivity contribution in [2.75, 3.05) is 14.2 Å². The van der Waals surface area contributed by atoms with Crippen LogP contribution in [0.2, 0.25) is 0 Å². The molecule has 0 saturated heterocycles. The van der Waals surface area contributed by atoms with Crippen LogP contribution in [0.3, 0.4) is 0 Å². The summed E-state index contributed by atoms with van der Waals surface area (Å²) >= 11 is 0.961. The lowest BCUT2D eigenvalue weighted by atomic mass is 10.2. The number of hydrogen-bond donors (Lipinski definition) is 1. The zero-order chi connectivity index (χ0) is 19.1. The van der Waals surface area contributed by atoms with Gasteiger partial charge in [-0.05, 0) is 42.6 Å². The Labute approximate surface area is 155 Å². The Kier molecular flexibility index (Phi) is 6.90. The van der Waals surface area contributed by atoms with E-state index in [9.17, 15) is 9.59 Å². The molecule has 140 valence electrons. The van der Waals surface area contributed by atoms with Crippen molar-refractivity contribution >= 4 is 23.4 Å². The lowest BCUT2D eigenvalue weighted by Crippen LogP contribution is -2.35. The number of aryl methyl sites for hydroxylation is 1. The molecule has 1 heterocycles. The van der Waals surface area contributed by atoms with Crippen molar-refractivity contribution in [2.45, 2.75) is 32.9 Å². The van der Waals surface area contributed by atoms with Crippen molar-refractivity contribution in [2.24, 2.45) is 0 Å².